The Morgan fingerprint density at radius 3 is 2.53 bits per heavy atom. The smallest absolute Gasteiger partial charge is 0.293 e. The molecule has 8 heteroatoms. The summed E-state index contributed by atoms with van der Waals surface area (Å²) in [5.41, 5.74) is 1.70. The maximum atomic E-state index is 14.0. The Kier molecular flexibility index (Phi) is 6.98. The molecular formula is C24H16BrClFNO3S. The van der Waals surface area contributed by atoms with Crippen LogP contribution in [0.3, 0.4) is 0 Å². The maximum Gasteiger partial charge on any atom is 0.293 e. The van der Waals surface area contributed by atoms with Gasteiger partial charge in [0.15, 0.2) is 0 Å². The van der Waals surface area contributed by atoms with E-state index in [1.54, 1.807) is 36.4 Å². The third-order valence-electron chi connectivity index (χ3n) is 4.77. The zero-order valence-electron chi connectivity index (χ0n) is 16.6. The molecule has 1 aliphatic heterocycles. The summed E-state index contributed by atoms with van der Waals surface area (Å²) in [4.78, 5) is 26.8. The molecule has 1 aliphatic rings. The van der Waals surface area contributed by atoms with Crippen molar-refractivity contribution in [3.8, 4) is 5.75 Å². The number of nitrogens with zero attached hydrogens (tertiary/aromatic N) is 1. The fourth-order valence-corrected chi connectivity index (χ4v) is 4.41. The molecule has 162 valence electrons. The van der Waals surface area contributed by atoms with Gasteiger partial charge in [-0.1, -0.05) is 63.9 Å². The number of rotatable bonds is 6. The Morgan fingerprint density at radius 2 is 1.78 bits per heavy atom. The number of thioether (sulfide) groups is 1. The molecule has 0 aliphatic carbocycles. The SMILES string of the molecule is O=C1S/C(=C\c2ccccc2OCc2c(F)cccc2Cl)C(=O)N1Cc1ccc(Br)cc1. The third-order valence-corrected chi connectivity index (χ3v) is 6.56. The van der Waals surface area contributed by atoms with E-state index in [4.69, 9.17) is 16.3 Å². The number of hydrogen-bond acceptors (Lipinski definition) is 4. The number of amides is 2. The van der Waals surface area contributed by atoms with E-state index in [0.29, 0.717) is 16.2 Å². The summed E-state index contributed by atoms with van der Waals surface area (Å²) in [6, 6.07) is 18.9. The lowest BCUT2D eigenvalue weighted by Gasteiger charge is -2.13. The van der Waals surface area contributed by atoms with Crippen molar-refractivity contribution in [2.75, 3.05) is 0 Å². The van der Waals surface area contributed by atoms with Gasteiger partial charge in [-0.3, -0.25) is 14.5 Å². The van der Waals surface area contributed by atoms with E-state index in [2.05, 4.69) is 15.9 Å². The fourth-order valence-electron chi connectivity index (χ4n) is 3.10. The van der Waals surface area contributed by atoms with Crippen LogP contribution >= 0.6 is 39.3 Å². The lowest BCUT2D eigenvalue weighted by atomic mass is 10.1. The molecule has 1 fully saturated rings. The highest BCUT2D eigenvalue weighted by Crippen LogP contribution is 2.35. The van der Waals surface area contributed by atoms with Gasteiger partial charge in [-0.25, -0.2) is 4.39 Å². The summed E-state index contributed by atoms with van der Waals surface area (Å²) in [5.74, 6) is -0.370. The van der Waals surface area contributed by atoms with Crippen molar-refractivity contribution in [1.82, 2.24) is 4.90 Å². The van der Waals surface area contributed by atoms with Crippen LogP contribution in [0.15, 0.2) is 76.1 Å². The van der Waals surface area contributed by atoms with E-state index in [-0.39, 0.29) is 34.9 Å². The van der Waals surface area contributed by atoms with Gasteiger partial charge >= 0.3 is 0 Å². The molecule has 0 saturated carbocycles. The Bertz CT molecular complexity index is 1200. The van der Waals surface area contributed by atoms with Gasteiger partial charge < -0.3 is 4.74 Å². The van der Waals surface area contributed by atoms with E-state index < -0.39 is 5.82 Å². The van der Waals surface area contributed by atoms with Crippen molar-refractivity contribution in [2.45, 2.75) is 13.2 Å². The highest BCUT2D eigenvalue weighted by Gasteiger charge is 2.35. The van der Waals surface area contributed by atoms with Crippen LogP contribution in [0.2, 0.25) is 5.02 Å². The number of hydrogen-bond donors (Lipinski definition) is 0. The molecule has 32 heavy (non-hydrogen) atoms. The zero-order chi connectivity index (χ0) is 22.7. The van der Waals surface area contributed by atoms with Crippen molar-refractivity contribution in [3.05, 3.63) is 104 Å². The zero-order valence-corrected chi connectivity index (χ0v) is 19.7. The molecule has 0 unspecified atom stereocenters. The minimum absolute atomic E-state index is 0.0681. The van der Waals surface area contributed by atoms with E-state index in [1.165, 1.54) is 17.0 Å². The van der Waals surface area contributed by atoms with Gasteiger partial charge in [-0.05, 0) is 53.7 Å². The first kappa shape index (κ1) is 22.6. The Hall–Kier alpha value is -2.61. The lowest BCUT2D eigenvalue weighted by Crippen LogP contribution is -2.27. The molecule has 4 nitrogen and oxygen atoms in total. The first-order valence-electron chi connectivity index (χ1n) is 9.57. The van der Waals surface area contributed by atoms with Gasteiger partial charge in [-0.15, -0.1) is 0 Å². The molecule has 3 aromatic rings. The first-order chi connectivity index (χ1) is 15.4. The normalized spacial score (nSPS) is 15.0. The maximum absolute atomic E-state index is 14.0. The average Bonchev–Trinajstić information content (AvgIpc) is 3.03. The van der Waals surface area contributed by atoms with E-state index in [1.807, 2.05) is 24.3 Å². The van der Waals surface area contributed by atoms with Crippen molar-refractivity contribution < 1.29 is 18.7 Å². The van der Waals surface area contributed by atoms with Crippen molar-refractivity contribution in [3.63, 3.8) is 0 Å². The highest BCUT2D eigenvalue weighted by molar-refractivity contribution is 9.10. The van der Waals surface area contributed by atoms with Crippen LogP contribution in [-0.2, 0) is 17.9 Å². The van der Waals surface area contributed by atoms with E-state index >= 15 is 0 Å². The summed E-state index contributed by atoms with van der Waals surface area (Å²) in [6.45, 7) is 0.126. The summed E-state index contributed by atoms with van der Waals surface area (Å²) in [5, 5.41) is -0.0581. The summed E-state index contributed by atoms with van der Waals surface area (Å²) >= 11 is 10.3. The van der Waals surface area contributed by atoms with Crippen molar-refractivity contribution in [2.24, 2.45) is 0 Å². The van der Waals surface area contributed by atoms with E-state index in [0.717, 1.165) is 21.8 Å². The molecule has 0 atom stereocenters. The summed E-state index contributed by atoms with van der Waals surface area (Å²) < 4.78 is 20.8. The molecule has 4 rings (SSSR count). The third kappa shape index (κ3) is 5.06. The van der Waals surface area contributed by atoms with Gasteiger partial charge in [0, 0.05) is 15.6 Å². The second-order valence-corrected chi connectivity index (χ2v) is 9.24. The molecule has 1 saturated heterocycles. The molecule has 3 aromatic carbocycles. The number of halogens is 3. The number of carbonyl (C=O) groups is 2. The van der Waals surface area contributed by atoms with Crippen LogP contribution in [0.1, 0.15) is 16.7 Å². The number of benzene rings is 3. The second-order valence-electron chi connectivity index (χ2n) is 6.92. The van der Waals surface area contributed by atoms with Crippen LogP contribution in [0.4, 0.5) is 9.18 Å². The molecule has 0 aromatic heterocycles. The Labute approximate surface area is 202 Å². The average molecular weight is 533 g/mol. The Morgan fingerprint density at radius 1 is 1.03 bits per heavy atom. The molecule has 0 bridgehead atoms. The first-order valence-corrected chi connectivity index (χ1v) is 11.6. The highest BCUT2D eigenvalue weighted by atomic mass is 79.9. The summed E-state index contributed by atoms with van der Waals surface area (Å²) in [6.07, 6.45) is 1.62. The van der Waals surface area contributed by atoms with Crippen LogP contribution < -0.4 is 4.74 Å². The van der Waals surface area contributed by atoms with Crippen molar-refractivity contribution >= 4 is 56.5 Å². The number of carbonyl (C=O) groups excluding carboxylic acids is 2. The van der Waals surface area contributed by atoms with Crippen LogP contribution in [-0.4, -0.2) is 16.0 Å². The van der Waals surface area contributed by atoms with Crippen molar-refractivity contribution in [1.29, 1.82) is 0 Å². The molecule has 0 N–H and O–H groups in total. The van der Waals surface area contributed by atoms with Gasteiger partial charge in [0.25, 0.3) is 11.1 Å². The minimum atomic E-state index is -0.455. The van der Waals surface area contributed by atoms with Gasteiger partial charge in [0.1, 0.15) is 18.2 Å². The Balaban J connectivity index is 1.53. The van der Waals surface area contributed by atoms with Gasteiger partial charge in [-0.2, -0.15) is 0 Å². The monoisotopic (exact) mass is 531 g/mol. The quantitative estimate of drug-likeness (QED) is 0.319. The predicted octanol–water partition coefficient (Wildman–Crippen LogP) is 7.06. The standard InChI is InChI=1S/C24H16BrClFNO3S/c25-17-10-8-15(9-11-17)13-28-23(29)22(32-24(28)30)12-16-4-1-2-7-21(16)31-14-18-19(26)5-3-6-20(18)27/h1-12H,13-14H2/b22-12-. The molecule has 0 radical (unpaired) electrons. The predicted molar refractivity (Wildman–Crippen MR) is 128 cm³/mol. The van der Waals surface area contributed by atoms with Crippen LogP contribution in [0.5, 0.6) is 5.75 Å². The van der Waals surface area contributed by atoms with E-state index in [9.17, 15) is 14.0 Å². The molecule has 2 amide bonds. The van der Waals surface area contributed by atoms with Gasteiger partial charge in [0.05, 0.1) is 16.5 Å². The van der Waals surface area contributed by atoms with Crippen LogP contribution in [0.25, 0.3) is 6.08 Å². The minimum Gasteiger partial charge on any atom is -0.488 e. The second kappa shape index (κ2) is 9.90. The molecular weight excluding hydrogens is 517 g/mol. The van der Waals surface area contributed by atoms with Crippen LogP contribution in [0, 0.1) is 5.82 Å². The lowest BCUT2D eigenvalue weighted by molar-refractivity contribution is -0.123. The summed E-state index contributed by atoms with van der Waals surface area (Å²) in [7, 11) is 0. The topological polar surface area (TPSA) is 46.6 Å². The molecule has 1 heterocycles. The largest absolute Gasteiger partial charge is 0.488 e. The number of imide groups is 1. The number of para-hydroxylation sites is 1. The van der Waals surface area contributed by atoms with Gasteiger partial charge in [0.2, 0.25) is 0 Å². The fraction of sp³-hybridized carbons (Fsp3) is 0.0833. The number of ether oxygens (including phenoxy) is 1. The molecule has 0 spiro atoms.